The average molecular weight is 476 g/mol. The molecule has 8 heteroatoms. The lowest BCUT2D eigenvalue weighted by atomic mass is 10.0. The molecule has 35 heavy (non-hydrogen) atoms. The molecule has 1 aromatic heterocycles. The minimum atomic E-state index is 0.0412. The number of nitrogen functional groups attached to an aromatic ring is 1. The molecule has 184 valence electrons. The first-order valence-electron chi connectivity index (χ1n) is 12.5. The highest BCUT2D eigenvalue weighted by Gasteiger charge is 2.27. The fraction of sp³-hybridized carbons (Fsp3) is 0.444. The summed E-state index contributed by atoms with van der Waals surface area (Å²) in [5.74, 6) is 1.81. The van der Waals surface area contributed by atoms with Crippen molar-refractivity contribution in [3.63, 3.8) is 0 Å². The number of amides is 1. The maximum absolute atomic E-state index is 12.6. The van der Waals surface area contributed by atoms with Gasteiger partial charge in [-0.1, -0.05) is 23.4 Å². The minimum absolute atomic E-state index is 0.0412. The number of anilines is 1. The SMILES string of the molecule is CC(C)Oc1ccc(-c2nc(-c3cccc4c3CC[C@H]4NCC(=O)N3CCCCC3)no2)cc1N. The summed E-state index contributed by atoms with van der Waals surface area (Å²) in [6, 6.07) is 11.8. The highest BCUT2D eigenvalue weighted by Crippen LogP contribution is 2.37. The fourth-order valence-electron chi connectivity index (χ4n) is 5.03. The van der Waals surface area contributed by atoms with Crippen LogP contribution in [0.2, 0.25) is 0 Å². The summed E-state index contributed by atoms with van der Waals surface area (Å²) in [7, 11) is 0. The van der Waals surface area contributed by atoms with E-state index in [9.17, 15) is 4.79 Å². The molecular formula is C27H33N5O3. The first-order valence-corrected chi connectivity index (χ1v) is 12.5. The van der Waals surface area contributed by atoms with Crippen LogP contribution in [0, 0.1) is 0 Å². The largest absolute Gasteiger partial charge is 0.489 e. The van der Waals surface area contributed by atoms with Gasteiger partial charge in [0.25, 0.3) is 5.89 Å². The van der Waals surface area contributed by atoms with Crippen molar-refractivity contribution in [2.24, 2.45) is 0 Å². The molecule has 8 nitrogen and oxygen atoms in total. The summed E-state index contributed by atoms with van der Waals surface area (Å²) in [6.07, 6.45) is 5.32. The molecule has 0 unspecified atom stereocenters. The van der Waals surface area contributed by atoms with Crippen molar-refractivity contribution in [1.82, 2.24) is 20.4 Å². The lowest BCUT2D eigenvalue weighted by molar-refractivity contribution is -0.131. The minimum Gasteiger partial charge on any atom is -0.489 e. The van der Waals surface area contributed by atoms with Gasteiger partial charge >= 0.3 is 0 Å². The third-order valence-electron chi connectivity index (χ3n) is 6.77. The van der Waals surface area contributed by atoms with Crippen molar-refractivity contribution < 1.29 is 14.1 Å². The van der Waals surface area contributed by atoms with Gasteiger partial charge in [-0.15, -0.1) is 0 Å². The molecule has 1 aliphatic carbocycles. The quantitative estimate of drug-likeness (QED) is 0.489. The van der Waals surface area contributed by atoms with Crippen LogP contribution in [0.4, 0.5) is 5.69 Å². The maximum Gasteiger partial charge on any atom is 0.258 e. The molecule has 0 radical (unpaired) electrons. The van der Waals surface area contributed by atoms with E-state index in [0.29, 0.717) is 29.7 Å². The molecule has 1 aliphatic heterocycles. The van der Waals surface area contributed by atoms with E-state index in [1.807, 2.05) is 43.0 Å². The zero-order valence-electron chi connectivity index (χ0n) is 20.4. The van der Waals surface area contributed by atoms with Crippen LogP contribution in [-0.4, -0.2) is 46.7 Å². The molecule has 1 saturated heterocycles. The van der Waals surface area contributed by atoms with E-state index < -0.39 is 0 Å². The van der Waals surface area contributed by atoms with E-state index >= 15 is 0 Å². The molecule has 2 aromatic carbocycles. The number of ether oxygens (including phenoxy) is 1. The zero-order valence-corrected chi connectivity index (χ0v) is 20.4. The number of benzene rings is 2. The van der Waals surface area contributed by atoms with Crippen LogP contribution in [0.25, 0.3) is 22.8 Å². The van der Waals surface area contributed by atoms with E-state index in [-0.39, 0.29) is 18.1 Å². The van der Waals surface area contributed by atoms with Crippen LogP contribution < -0.4 is 15.8 Å². The third kappa shape index (κ3) is 5.03. The van der Waals surface area contributed by atoms with Crippen LogP contribution in [0.15, 0.2) is 40.9 Å². The molecule has 1 fully saturated rings. The van der Waals surface area contributed by atoms with Crippen molar-refractivity contribution in [3.8, 4) is 28.6 Å². The lowest BCUT2D eigenvalue weighted by Gasteiger charge is -2.27. The Morgan fingerprint density at radius 1 is 1.23 bits per heavy atom. The molecule has 3 N–H and O–H groups in total. The lowest BCUT2D eigenvalue weighted by Crippen LogP contribution is -2.41. The van der Waals surface area contributed by atoms with E-state index in [0.717, 1.165) is 49.9 Å². The number of likely N-dealkylation sites (tertiary alicyclic amines) is 1. The van der Waals surface area contributed by atoms with E-state index in [1.54, 1.807) is 6.07 Å². The number of rotatable bonds is 7. The molecule has 1 atom stereocenters. The Hall–Kier alpha value is -3.39. The van der Waals surface area contributed by atoms with Crippen molar-refractivity contribution in [2.75, 3.05) is 25.4 Å². The standard InChI is InChI=1S/C27H33N5O3/c1-17(2)34-24-12-9-18(15-22(24)28)27-30-26(31-35-27)21-8-6-7-20-19(21)10-11-23(20)29-16-25(33)32-13-4-3-5-14-32/h6-9,12,15,17,23,29H,3-5,10-11,13-14,16,28H2,1-2H3/t23-/m1/s1. The Morgan fingerprint density at radius 3 is 2.83 bits per heavy atom. The predicted molar refractivity (Wildman–Crippen MR) is 135 cm³/mol. The van der Waals surface area contributed by atoms with Gasteiger partial charge in [0.15, 0.2) is 0 Å². The van der Waals surface area contributed by atoms with Gasteiger partial charge < -0.3 is 25.2 Å². The normalized spacial score (nSPS) is 17.6. The van der Waals surface area contributed by atoms with Gasteiger partial charge in [-0.2, -0.15) is 4.98 Å². The van der Waals surface area contributed by atoms with Crippen molar-refractivity contribution in [3.05, 3.63) is 47.5 Å². The number of hydrogen-bond acceptors (Lipinski definition) is 7. The smallest absolute Gasteiger partial charge is 0.258 e. The van der Waals surface area contributed by atoms with Gasteiger partial charge in [0, 0.05) is 30.3 Å². The van der Waals surface area contributed by atoms with E-state index in [1.165, 1.54) is 17.5 Å². The van der Waals surface area contributed by atoms with Gasteiger partial charge in [0.2, 0.25) is 11.7 Å². The summed E-state index contributed by atoms with van der Waals surface area (Å²) in [5.41, 5.74) is 10.8. The molecule has 3 aromatic rings. The summed E-state index contributed by atoms with van der Waals surface area (Å²) in [4.78, 5) is 19.3. The second kappa shape index (κ2) is 10.1. The highest BCUT2D eigenvalue weighted by atomic mass is 16.5. The summed E-state index contributed by atoms with van der Waals surface area (Å²) in [6.45, 7) is 6.06. The number of nitrogens with zero attached hydrogens (tertiary/aromatic N) is 3. The van der Waals surface area contributed by atoms with E-state index in [2.05, 4.69) is 21.5 Å². The molecule has 5 rings (SSSR count). The van der Waals surface area contributed by atoms with Crippen molar-refractivity contribution >= 4 is 11.6 Å². The molecule has 0 bridgehead atoms. The average Bonchev–Trinajstić information content (AvgIpc) is 3.52. The van der Waals surface area contributed by atoms with Crippen molar-refractivity contribution in [2.45, 2.75) is 58.1 Å². The number of carbonyl (C=O) groups excluding carboxylic acids is 1. The van der Waals surface area contributed by atoms with Crippen LogP contribution in [-0.2, 0) is 11.2 Å². The molecule has 2 heterocycles. The highest BCUT2D eigenvalue weighted by molar-refractivity contribution is 5.78. The van der Waals surface area contributed by atoms with Crippen LogP contribution >= 0.6 is 0 Å². The summed E-state index contributed by atoms with van der Waals surface area (Å²) in [5, 5.41) is 7.75. The Bertz CT molecular complexity index is 1200. The summed E-state index contributed by atoms with van der Waals surface area (Å²) >= 11 is 0. The number of nitrogens with one attached hydrogen (secondary N) is 1. The van der Waals surface area contributed by atoms with Gasteiger partial charge in [-0.3, -0.25) is 4.79 Å². The first kappa shape index (κ1) is 23.4. The second-order valence-electron chi connectivity index (χ2n) is 9.63. The monoisotopic (exact) mass is 475 g/mol. The second-order valence-corrected chi connectivity index (χ2v) is 9.63. The van der Waals surface area contributed by atoms with Crippen LogP contribution in [0.1, 0.15) is 56.7 Å². The number of hydrogen-bond donors (Lipinski definition) is 2. The number of carbonyl (C=O) groups is 1. The van der Waals surface area contributed by atoms with Crippen LogP contribution in [0.5, 0.6) is 5.75 Å². The Kier molecular flexibility index (Phi) is 6.72. The fourth-order valence-corrected chi connectivity index (χ4v) is 5.03. The van der Waals surface area contributed by atoms with Crippen molar-refractivity contribution in [1.29, 1.82) is 0 Å². The Morgan fingerprint density at radius 2 is 2.06 bits per heavy atom. The van der Waals surface area contributed by atoms with Gasteiger partial charge in [0.1, 0.15) is 5.75 Å². The molecular weight excluding hydrogens is 442 g/mol. The Balaban J connectivity index is 1.31. The third-order valence-corrected chi connectivity index (χ3v) is 6.77. The van der Waals surface area contributed by atoms with Gasteiger partial charge in [0.05, 0.1) is 18.3 Å². The first-order chi connectivity index (χ1) is 17.0. The molecule has 0 saturated carbocycles. The number of aromatic nitrogens is 2. The van der Waals surface area contributed by atoms with Gasteiger partial charge in [-0.05, 0) is 75.3 Å². The topological polar surface area (TPSA) is 107 Å². The Labute approximate surface area is 205 Å². The predicted octanol–water partition coefficient (Wildman–Crippen LogP) is 4.36. The van der Waals surface area contributed by atoms with E-state index in [4.69, 9.17) is 15.0 Å². The molecule has 0 spiro atoms. The number of piperidine rings is 1. The zero-order chi connectivity index (χ0) is 24.4. The maximum atomic E-state index is 12.6. The van der Waals surface area contributed by atoms with Gasteiger partial charge in [-0.25, -0.2) is 0 Å². The number of fused-ring (bicyclic) bond motifs is 1. The molecule has 1 amide bonds. The summed E-state index contributed by atoms with van der Waals surface area (Å²) < 4.78 is 11.3. The molecule has 2 aliphatic rings. The number of nitrogens with two attached hydrogens (primary N) is 1. The van der Waals surface area contributed by atoms with Crippen LogP contribution in [0.3, 0.4) is 0 Å².